The average Bonchev–Trinajstić information content (AvgIpc) is 2.49. The Hall–Kier alpha value is -1.22. The third kappa shape index (κ3) is 4.20. The van der Waals surface area contributed by atoms with Crippen LogP contribution in [0.2, 0.25) is 5.02 Å². The normalized spacial score (nSPS) is 16.8. The summed E-state index contributed by atoms with van der Waals surface area (Å²) in [4.78, 5) is 15.3. The van der Waals surface area contributed by atoms with Crippen molar-refractivity contribution in [2.24, 2.45) is 0 Å². The van der Waals surface area contributed by atoms with Crippen molar-refractivity contribution < 1.29 is 17.6 Å². The number of carbonyl (C=O) groups is 1. The molecule has 1 aliphatic rings. The maximum absolute atomic E-state index is 13.2. The molecule has 2 rings (SSSR count). The van der Waals surface area contributed by atoms with Crippen LogP contribution in [-0.4, -0.2) is 75.2 Å². The molecule has 1 aliphatic heterocycles. The lowest BCUT2D eigenvalue weighted by atomic mass is 10.3. The molecule has 0 bridgehead atoms. The zero-order chi connectivity index (χ0) is 17.2. The third-order valence-electron chi connectivity index (χ3n) is 3.57. The number of rotatable bonds is 4. The second-order valence-corrected chi connectivity index (χ2v) is 7.94. The van der Waals surface area contributed by atoms with Crippen molar-refractivity contribution in [3.63, 3.8) is 0 Å². The van der Waals surface area contributed by atoms with Gasteiger partial charge in [0.2, 0.25) is 15.9 Å². The Kier molecular flexibility index (Phi) is 5.61. The van der Waals surface area contributed by atoms with Crippen LogP contribution in [0.3, 0.4) is 0 Å². The summed E-state index contributed by atoms with van der Waals surface area (Å²) in [6.07, 6.45) is 0. The predicted octanol–water partition coefficient (Wildman–Crippen LogP) is 0.874. The molecule has 1 aromatic carbocycles. The van der Waals surface area contributed by atoms with Crippen LogP contribution in [0, 0.1) is 5.82 Å². The van der Waals surface area contributed by atoms with E-state index in [1.54, 1.807) is 23.9 Å². The van der Waals surface area contributed by atoms with E-state index in [0.29, 0.717) is 19.6 Å². The molecule has 1 amide bonds. The van der Waals surface area contributed by atoms with E-state index >= 15 is 0 Å². The molecule has 1 saturated heterocycles. The first-order chi connectivity index (χ1) is 10.7. The van der Waals surface area contributed by atoms with E-state index in [9.17, 15) is 17.6 Å². The van der Waals surface area contributed by atoms with Gasteiger partial charge in [0.25, 0.3) is 0 Å². The quantitative estimate of drug-likeness (QED) is 0.796. The number of benzene rings is 1. The third-order valence-corrected chi connectivity index (χ3v) is 5.76. The van der Waals surface area contributed by atoms with Crippen LogP contribution in [0.4, 0.5) is 4.39 Å². The van der Waals surface area contributed by atoms with Crippen molar-refractivity contribution in [3.8, 4) is 0 Å². The Morgan fingerprint density at radius 3 is 2.39 bits per heavy atom. The molecule has 0 spiro atoms. The number of hydrogen-bond donors (Lipinski definition) is 0. The van der Waals surface area contributed by atoms with Gasteiger partial charge in [0.1, 0.15) is 5.82 Å². The van der Waals surface area contributed by atoms with Gasteiger partial charge in [-0.15, -0.1) is 0 Å². The first-order valence-electron chi connectivity index (χ1n) is 7.09. The van der Waals surface area contributed by atoms with Gasteiger partial charge in [-0.2, -0.15) is 4.31 Å². The molecule has 0 unspecified atom stereocenters. The van der Waals surface area contributed by atoms with E-state index in [4.69, 9.17) is 11.6 Å². The molecule has 6 nitrogen and oxygen atoms in total. The van der Waals surface area contributed by atoms with Gasteiger partial charge in [0, 0.05) is 26.2 Å². The van der Waals surface area contributed by atoms with E-state index in [1.807, 2.05) is 0 Å². The number of amides is 1. The summed E-state index contributed by atoms with van der Waals surface area (Å²) in [7, 11) is -0.135. The van der Waals surface area contributed by atoms with E-state index in [0.717, 1.165) is 12.1 Å². The van der Waals surface area contributed by atoms with Crippen LogP contribution in [0.1, 0.15) is 0 Å². The highest BCUT2D eigenvalue weighted by Crippen LogP contribution is 2.23. The van der Waals surface area contributed by atoms with Crippen LogP contribution in [-0.2, 0) is 14.8 Å². The molecule has 9 heteroatoms. The average molecular weight is 364 g/mol. The van der Waals surface area contributed by atoms with Gasteiger partial charge in [-0.25, -0.2) is 12.8 Å². The molecule has 0 aromatic heterocycles. The largest absolute Gasteiger partial charge is 0.339 e. The summed E-state index contributed by atoms with van der Waals surface area (Å²) in [5.74, 6) is -0.693. The molecule has 1 aromatic rings. The smallest absolute Gasteiger partial charge is 0.243 e. The van der Waals surface area contributed by atoms with Gasteiger partial charge in [-0.05, 0) is 32.3 Å². The standard InChI is InChI=1S/C14H19ClFN3O3S/c1-17(2)10-14(20)18-5-7-19(8-6-18)23(21,22)11-3-4-13(16)12(15)9-11/h3-4,9H,5-8,10H2,1-2H3. The van der Waals surface area contributed by atoms with Crippen molar-refractivity contribution in [2.45, 2.75) is 4.90 Å². The van der Waals surface area contributed by atoms with Crippen LogP contribution < -0.4 is 0 Å². The summed E-state index contributed by atoms with van der Waals surface area (Å²) >= 11 is 5.66. The molecular formula is C14H19ClFN3O3S. The molecule has 0 saturated carbocycles. The van der Waals surface area contributed by atoms with Gasteiger partial charge in [-0.1, -0.05) is 11.6 Å². The monoisotopic (exact) mass is 363 g/mol. The first kappa shape index (κ1) is 18.1. The van der Waals surface area contributed by atoms with Crippen molar-refractivity contribution >= 4 is 27.5 Å². The highest BCUT2D eigenvalue weighted by molar-refractivity contribution is 7.89. The summed E-state index contributed by atoms with van der Waals surface area (Å²) < 4.78 is 39.5. The van der Waals surface area contributed by atoms with Crippen LogP contribution in [0.25, 0.3) is 0 Å². The molecule has 1 heterocycles. The Labute approximate surface area is 140 Å². The molecule has 128 valence electrons. The van der Waals surface area contributed by atoms with Crippen LogP contribution in [0.15, 0.2) is 23.1 Å². The summed E-state index contributed by atoms with van der Waals surface area (Å²) in [5.41, 5.74) is 0. The number of carbonyl (C=O) groups excluding carboxylic acids is 1. The van der Waals surface area contributed by atoms with Gasteiger partial charge >= 0.3 is 0 Å². The topological polar surface area (TPSA) is 60.9 Å². The highest BCUT2D eigenvalue weighted by Gasteiger charge is 2.30. The Morgan fingerprint density at radius 2 is 1.87 bits per heavy atom. The number of halogens is 2. The lowest BCUT2D eigenvalue weighted by Gasteiger charge is -2.34. The van der Waals surface area contributed by atoms with E-state index < -0.39 is 15.8 Å². The van der Waals surface area contributed by atoms with E-state index in [2.05, 4.69) is 0 Å². The molecule has 1 fully saturated rings. The highest BCUT2D eigenvalue weighted by atomic mass is 35.5. The lowest BCUT2D eigenvalue weighted by Crippen LogP contribution is -2.52. The second kappa shape index (κ2) is 7.12. The van der Waals surface area contributed by atoms with Gasteiger partial charge in [-0.3, -0.25) is 4.79 Å². The van der Waals surface area contributed by atoms with Crippen molar-refractivity contribution in [1.82, 2.24) is 14.1 Å². The minimum absolute atomic E-state index is 0.0307. The molecule has 0 radical (unpaired) electrons. The maximum Gasteiger partial charge on any atom is 0.243 e. The molecular weight excluding hydrogens is 345 g/mol. The van der Waals surface area contributed by atoms with Gasteiger partial charge in [0.15, 0.2) is 0 Å². The number of sulfonamides is 1. The number of likely N-dealkylation sites (N-methyl/N-ethyl adjacent to an activating group) is 1. The van der Waals surface area contributed by atoms with Crippen molar-refractivity contribution in [3.05, 3.63) is 29.0 Å². The lowest BCUT2D eigenvalue weighted by molar-refractivity contribution is -0.133. The zero-order valence-corrected chi connectivity index (χ0v) is 14.6. The van der Waals surface area contributed by atoms with Crippen LogP contribution >= 0.6 is 11.6 Å². The minimum atomic E-state index is -3.74. The zero-order valence-electron chi connectivity index (χ0n) is 13.0. The Bertz CT molecular complexity index is 689. The minimum Gasteiger partial charge on any atom is -0.339 e. The molecule has 0 atom stereocenters. The van der Waals surface area contributed by atoms with Crippen molar-refractivity contribution in [2.75, 3.05) is 46.8 Å². The van der Waals surface area contributed by atoms with E-state index in [1.165, 1.54) is 10.4 Å². The predicted molar refractivity (Wildman–Crippen MR) is 85.3 cm³/mol. The number of piperazine rings is 1. The molecule has 0 N–H and O–H groups in total. The molecule has 23 heavy (non-hydrogen) atoms. The second-order valence-electron chi connectivity index (χ2n) is 5.60. The Balaban J connectivity index is 2.06. The van der Waals surface area contributed by atoms with Gasteiger partial charge in [0.05, 0.1) is 16.5 Å². The Morgan fingerprint density at radius 1 is 1.26 bits per heavy atom. The fourth-order valence-corrected chi connectivity index (χ4v) is 4.03. The number of hydrogen-bond acceptors (Lipinski definition) is 4. The number of nitrogens with zero attached hydrogens (tertiary/aromatic N) is 3. The fourth-order valence-electron chi connectivity index (χ4n) is 2.33. The first-order valence-corrected chi connectivity index (χ1v) is 8.91. The maximum atomic E-state index is 13.2. The molecule has 0 aliphatic carbocycles. The SMILES string of the molecule is CN(C)CC(=O)N1CCN(S(=O)(=O)c2ccc(F)c(Cl)c2)CC1. The van der Waals surface area contributed by atoms with Gasteiger partial charge < -0.3 is 9.80 Å². The summed E-state index contributed by atoms with van der Waals surface area (Å²) in [6.45, 7) is 1.37. The fraction of sp³-hybridized carbons (Fsp3) is 0.500. The van der Waals surface area contributed by atoms with Crippen molar-refractivity contribution in [1.29, 1.82) is 0 Å². The summed E-state index contributed by atoms with van der Waals surface area (Å²) in [5, 5.41) is -0.231. The van der Waals surface area contributed by atoms with E-state index in [-0.39, 0.29) is 28.9 Å². The van der Waals surface area contributed by atoms with Crippen LogP contribution in [0.5, 0.6) is 0 Å². The summed E-state index contributed by atoms with van der Waals surface area (Å²) in [6, 6.07) is 3.34.